The van der Waals surface area contributed by atoms with Crippen LogP contribution in [0.4, 0.5) is 0 Å². The molecule has 42 heavy (non-hydrogen) atoms. The molecule has 0 spiro atoms. The number of benzene rings is 2. The van der Waals surface area contributed by atoms with Crippen LogP contribution in [0.15, 0.2) is 76.0 Å². The van der Waals surface area contributed by atoms with E-state index in [1.165, 1.54) is 11.3 Å². The number of hydrogen-bond donors (Lipinski definition) is 0. The van der Waals surface area contributed by atoms with Crippen LogP contribution in [0.25, 0.3) is 11.8 Å². The van der Waals surface area contributed by atoms with Crippen LogP contribution >= 0.6 is 11.3 Å². The van der Waals surface area contributed by atoms with E-state index >= 15 is 0 Å². The Balaban J connectivity index is 1.55. The summed E-state index contributed by atoms with van der Waals surface area (Å²) in [6.45, 7) is 9.83. The lowest BCUT2D eigenvalue weighted by molar-refractivity contribution is -0.138. The first-order valence-electron chi connectivity index (χ1n) is 14.5. The largest absolute Gasteiger partial charge is 0.463 e. The van der Waals surface area contributed by atoms with Gasteiger partial charge in [0.2, 0.25) is 0 Å². The highest BCUT2D eigenvalue weighted by Crippen LogP contribution is 2.35. The van der Waals surface area contributed by atoms with Gasteiger partial charge >= 0.3 is 5.97 Å². The van der Waals surface area contributed by atoms with Gasteiger partial charge in [-0.2, -0.15) is 0 Å². The fourth-order valence-electron chi connectivity index (χ4n) is 5.89. The number of hydrogen-bond acceptors (Lipinski definition) is 6. The summed E-state index contributed by atoms with van der Waals surface area (Å²) in [6, 6.07) is 19.0. The number of carbonyl (C=O) groups excluding carboxylic acids is 1. The fraction of sp³-hybridized carbons (Fsp3) is 0.324. The predicted molar refractivity (Wildman–Crippen MR) is 165 cm³/mol. The van der Waals surface area contributed by atoms with Gasteiger partial charge < -0.3 is 14.0 Å². The Morgan fingerprint density at radius 2 is 1.88 bits per heavy atom. The lowest BCUT2D eigenvalue weighted by Gasteiger charge is -2.26. The van der Waals surface area contributed by atoms with E-state index in [1.54, 1.807) is 11.5 Å². The first kappa shape index (κ1) is 28.1. The Morgan fingerprint density at radius 3 is 2.57 bits per heavy atom. The third-order valence-corrected chi connectivity index (χ3v) is 9.06. The Bertz CT molecular complexity index is 1840. The molecule has 7 nitrogen and oxygen atoms in total. The molecule has 2 aliphatic heterocycles. The van der Waals surface area contributed by atoms with Gasteiger partial charge in [0.1, 0.15) is 0 Å². The maximum absolute atomic E-state index is 14.2. The monoisotopic (exact) mass is 581 g/mol. The first-order chi connectivity index (χ1) is 20.4. The highest BCUT2D eigenvalue weighted by Gasteiger charge is 2.35. The number of ether oxygens (including phenoxy) is 2. The van der Waals surface area contributed by atoms with Crippen molar-refractivity contribution < 1.29 is 14.3 Å². The third kappa shape index (κ3) is 5.21. The van der Waals surface area contributed by atoms with Gasteiger partial charge in [0, 0.05) is 30.1 Å². The molecular weight excluding hydrogens is 546 g/mol. The van der Waals surface area contributed by atoms with Crippen molar-refractivity contribution in [3.8, 4) is 0 Å². The van der Waals surface area contributed by atoms with Crippen LogP contribution in [0.1, 0.15) is 59.4 Å². The molecule has 4 heterocycles. The van der Waals surface area contributed by atoms with Crippen LogP contribution in [-0.4, -0.2) is 34.4 Å². The normalized spacial score (nSPS) is 18.7. The number of nitrogens with zero attached hydrogens (tertiary/aromatic N) is 3. The molecule has 2 aromatic heterocycles. The summed E-state index contributed by atoms with van der Waals surface area (Å²) < 4.78 is 16.0. The summed E-state index contributed by atoms with van der Waals surface area (Å²) >= 11 is 1.35. The van der Waals surface area contributed by atoms with Crippen LogP contribution in [0.3, 0.4) is 0 Å². The molecule has 0 unspecified atom stereocenters. The molecule has 8 heteroatoms. The van der Waals surface area contributed by atoms with E-state index in [0.29, 0.717) is 20.6 Å². The Kier molecular flexibility index (Phi) is 7.84. The second-order valence-corrected chi connectivity index (χ2v) is 11.9. The van der Waals surface area contributed by atoms with E-state index in [0.717, 1.165) is 59.6 Å². The van der Waals surface area contributed by atoms with Gasteiger partial charge in [-0.1, -0.05) is 71.5 Å². The van der Waals surface area contributed by atoms with Crippen LogP contribution in [0.2, 0.25) is 0 Å². The Morgan fingerprint density at radius 1 is 1.12 bits per heavy atom. The van der Waals surface area contributed by atoms with Gasteiger partial charge in [0.25, 0.3) is 5.56 Å². The maximum atomic E-state index is 14.2. The van der Waals surface area contributed by atoms with Crippen molar-refractivity contribution in [1.29, 1.82) is 0 Å². The van der Waals surface area contributed by atoms with E-state index in [4.69, 9.17) is 14.5 Å². The number of rotatable bonds is 7. The molecule has 216 valence electrons. The number of fused-ring (bicyclic) bond motifs is 1. The van der Waals surface area contributed by atoms with Gasteiger partial charge in [-0.25, -0.2) is 9.79 Å². The molecule has 2 aromatic carbocycles. The molecule has 0 saturated carbocycles. The summed E-state index contributed by atoms with van der Waals surface area (Å²) in [6.07, 6.45) is 4.34. The molecule has 6 rings (SSSR count). The van der Waals surface area contributed by atoms with Crippen molar-refractivity contribution in [3.05, 3.63) is 120 Å². The molecule has 1 saturated heterocycles. The molecule has 0 N–H and O–H groups in total. The third-order valence-electron chi connectivity index (χ3n) is 8.08. The van der Waals surface area contributed by atoms with Gasteiger partial charge in [-0.05, 0) is 63.8 Å². The number of thiazole rings is 1. The maximum Gasteiger partial charge on any atom is 0.338 e. The molecule has 0 bridgehead atoms. The Hall–Kier alpha value is -4.01. The molecular formula is C34H35N3O4S. The fourth-order valence-corrected chi connectivity index (χ4v) is 6.88. The highest BCUT2D eigenvalue weighted by molar-refractivity contribution is 7.07. The van der Waals surface area contributed by atoms with Crippen LogP contribution in [0, 0.1) is 20.8 Å². The average Bonchev–Trinajstić information content (AvgIpc) is 3.69. The Labute approximate surface area is 249 Å². The minimum atomic E-state index is -0.676. The topological polar surface area (TPSA) is 74.8 Å². The zero-order valence-electron chi connectivity index (χ0n) is 24.4. The summed E-state index contributed by atoms with van der Waals surface area (Å²) in [5.74, 6) is -0.474. The van der Waals surface area contributed by atoms with Crippen molar-refractivity contribution in [2.45, 2.75) is 59.2 Å². The van der Waals surface area contributed by atoms with E-state index in [2.05, 4.69) is 24.5 Å². The average molecular weight is 582 g/mol. The predicted octanol–water partition coefficient (Wildman–Crippen LogP) is 4.84. The van der Waals surface area contributed by atoms with Gasteiger partial charge in [-0.15, -0.1) is 0 Å². The minimum absolute atomic E-state index is 0.179. The molecule has 1 fully saturated rings. The zero-order chi connectivity index (χ0) is 29.4. The highest BCUT2D eigenvalue weighted by atomic mass is 32.1. The number of esters is 1. The number of aromatic nitrogens is 2. The van der Waals surface area contributed by atoms with Gasteiger partial charge in [0.15, 0.2) is 4.80 Å². The first-order valence-corrected chi connectivity index (χ1v) is 15.3. The van der Waals surface area contributed by atoms with E-state index in [9.17, 15) is 9.59 Å². The quantitative estimate of drug-likeness (QED) is 0.293. The second-order valence-electron chi connectivity index (χ2n) is 10.9. The van der Waals surface area contributed by atoms with Gasteiger partial charge in [0.05, 0.1) is 34.6 Å². The van der Waals surface area contributed by atoms with Gasteiger partial charge in [-0.3, -0.25) is 9.36 Å². The van der Waals surface area contributed by atoms with Crippen molar-refractivity contribution in [3.63, 3.8) is 0 Å². The van der Waals surface area contributed by atoms with Crippen molar-refractivity contribution >= 4 is 29.1 Å². The minimum Gasteiger partial charge on any atom is -0.463 e. The van der Waals surface area contributed by atoms with Crippen molar-refractivity contribution in [2.75, 3.05) is 13.2 Å². The summed E-state index contributed by atoms with van der Waals surface area (Å²) in [4.78, 5) is 33.3. The molecule has 4 aromatic rings. The molecule has 2 aliphatic rings. The summed E-state index contributed by atoms with van der Waals surface area (Å²) in [5.41, 5.74) is 6.66. The second kappa shape index (κ2) is 11.7. The van der Waals surface area contributed by atoms with Crippen LogP contribution in [0.5, 0.6) is 0 Å². The standard InChI is InChI=1S/C34H35N3O4S/c1-5-40-33(39)29-30(24-10-7-6-8-11-24)35-34-37(31(29)25-15-13-21(2)14-16-25)32(38)28(42-34)19-26-18-22(3)36(23(26)4)20-27-12-9-17-41-27/h6-8,10-11,13-16,18-19,27,31H,5,9,12,17,20H2,1-4H3/b28-19-/t27-,31+/m1/s1. The van der Waals surface area contributed by atoms with Crippen molar-refractivity contribution in [2.24, 2.45) is 4.99 Å². The molecule has 0 radical (unpaired) electrons. The molecule has 0 amide bonds. The lowest BCUT2D eigenvalue weighted by Crippen LogP contribution is -2.40. The van der Waals surface area contributed by atoms with E-state index < -0.39 is 12.0 Å². The number of aryl methyl sites for hydroxylation is 2. The van der Waals surface area contributed by atoms with Crippen LogP contribution in [-0.2, 0) is 20.8 Å². The SMILES string of the molecule is CCOC(=O)C1=C(c2ccccc2)N=c2s/c(=C\c3cc(C)n(C[C@H]4CCCO4)c3C)c(=O)n2[C@H]1c1ccc(C)cc1. The lowest BCUT2D eigenvalue weighted by atomic mass is 9.92. The smallest absolute Gasteiger partial charge is 0.338 e. The van der Waals surface area contributed by atoms with Crippen molar-refractivity contribution in [1.82, 2.24) is 9.13 Å². The zero-order valence-corrected chi connectivity index (χ0v) is 25.2. The summed E-state index contributed by atoms with van der Waals surface area (Å²) in [7, 11) is 0. The van der Waals surface area contributed by atoms with E-state index in [1.807, 2.05) is 67.6 Å². The van der Waals surface area contributed by atoms with E-state index in [-0.39, 0.29) is 18.3 Å². The molecule has 2 atom stereocenters. The molecule has 0 aliphatic carbocycles. The van der Waals surface area contributed by atoms with Crippen LogP contribution < -0.4 is 14.9 Å². The summed E-state index contributed by atoms with van der Waals surface area (Å²) in [5, 5.41) is 0. The number of carbonyl (C=O) groups is 1.